The summed E-state index contributed by atoms with van der Waals surface area (Å²) in [6.07, 6.45) is 0.471. The van der Waals surface area contributed by atoms with Crippen LogP contribution in [0.1, 0.15) is 30.2 Å². The van der Waals surface area contributed by atoms with Crippen molar-refractivity contribution in [2.24, 2.45) is 0 Å². The van der Waals surface area contributed by atoms with Gasteiger partial charge in [-0.05, 0) is 37.6 Å². The van der Waals surface area contributed by atoms with E-state index in [1.165, 1.54) is 0 Å². The van der Waals surface area contributed by atoms with Crippen LogP contribution >= 0.6 is 11.6 Å². The quantitative estimate of drug-likeness (QED) is 0.889. The van der Waals surface area contributed by atoms with Gasteiger partial charge in [0.2, 0.25) is 0 Å². The highest BCUT2D eigenvalue weighted by Gasteiger charge is 2.14. The summed E-state index contributed by atoms with van der Waals surface area (Å²) in [5, 5.41) is 7.75. The predicted molar refractivity (Wildman–Crippen MR) is 77.2 cm³/mol. The van der Waals surface area contributed by atoms with Crippen LogP contribution in [0, 0.1) is 6.92 Å². The van der Waals surface area contributed by atoms with Crippen molar-refractivity contribution >= 4 is 11.6 Å². The number of H-pyrrole nitrogens is 1. The van der Waals surface area contributed by atoms with Crippen molar-refractivity contribution in [1.29, 1.82) is 0 Å². The molecule has 0 unspecified atom stereocenters. The topological polar surface area (TPSA) is 60.0 Å². The number of nitrogens with zero attached hydrogens (tertiary/aromatic N) is 2. The molecule has 1 aromatic heterocycles. The summed E-state index contributed by atoms with van der Waals surface area (Å²) < 4.78 is 10.9. The van der Waals surface area contributed by atoms with Gasteiger partial charge in [0.15, 0.2) is 11.9 Å². The van der Waals surface area contributed by atoms with Gasteiger partial charge in [-0.25, -0.2) is 4.98 Å². The van der Waals surface area contributed by atoms with Gasteiger partial charge in [-0.1, -0.05) is 11.6 Å². The van der Waals surface area contributed by atoms with Crippen LogP contribution in [0.2, 0.25) is 5.02 Å². The average Bonchev–Trinajstić information content (AvgIpc) is 2.88. The fraction of sp³-hybridized carbons (Fsp3) is 0.429. The van der Waals surface area contributed by atoms with Gasteiger partial charge in [-0.2, -0.15) is 5.10 Å². The summed E-state index contributed by atoms with van der Waals surface area (Å²) in [4.78, 5) is 4.39. The minimum atomic E-state index is -0.234. The number of nitrogens with one attached hydrogen (secondary N) is 1. The maximum atomic E-state index is 5.93. The molecule has 1 heterocycles. The standard InChI is InChI=1S/C14H18ClN3O2/c1-9-8-11(15)4-5-12(9)20-10(2)14-16-13(17-18-14)6-7-19-3/h4-5,8,10H,6-7H2,1-3H3,(H,16,17,18)/t10-/m0/s1. The van der Waals surface area contributed by atoms with Gasteiger partial charge >= 0.3 is 0 Å². The van der Waals surface area contributed by atoms with E-state index < -0.39 is 0 Å². The maximum absolute atomic E-state index is 5.93. The van der Waals surface area contributed by atoms with Crippen molar-refractivity contribution in [3.05, 3.63) is 40.4 Å². The molecule has 1 atom stereocenters. The van der Waals surface area contributed by atoms with Gasteiger partial charge in [-0.15, -0.1) is 0 Å². The molecule has 0 aliphatic carbocycles. The molecule has 1 N–H and O–H groups in total. The number of aromatic nitrogens is 3. The second-order valence-corrected chi connectivity index (χ2v) is 4.99. The fourth-order valence-corrected chi connectivity index (χ4v) is 2.02. The van der Waals surface area contributed by atoms with Crippen molar-refractivity contribution in [1.82, 2.24) is 15.2 Å². The highest BCUT2D eigenvalue weighted by Crippen LogP contribution is 2.26. The summed E-state index contributed by atoms with van der Waals surface area (Å²) >= 11 is 5.93. The summed E-state index contributed by atoms with van der Waals surface area (Å²) in [6, 6.07) is 5.52. The molecule has 0 fully saturated rings. The van der Waals surface area contributed by atoms with Crippen molar-refractivity contribution in [3.63, 3.8) is 0 Å². The zero-order valence-corrected chi connectivity index (χ0v) is 12.6. The first-order valence-electron chi connectivity index (χ1n) is 6.43. The number of rotatable bonds is 6. The number of ether oxygens (including phenoxy) is 2. The lowest BCUT2D eigenvalue weighted by molar-refractivity contribution is 0.200. The van der Waals surface area contributed by atoms with E-state index in [2.05, 4.69) is 15.2 Å². The monoisotopic (exact) mass is 295 g/mol. The Morgan fingerprint density at radius 3 is 2.90 bits per heavy atom. The molecule has 0 aliphatic heterocycles. The largest absolute Gasteiger partial charge is 0.482 e. The fourth-order valence-electron chi connectivity index (χ4n) is 1.79. The van der Waals surface area contributed by atoms with Gasteiger partial charge in [0.25, 0.3) is 0 Å². The van der Waals surface area contributed by atoms with E-state index in [1.807, 2.05) is 26.0 Å². The van der Waals surface area contributed by atoms with Crippen LogP contribution < -0.4 is 4.74 Å². The van der Waals surface area contributed by atoms with E-state index in [-0.39, 0.29) is 6.10 Å². The molecule has 6 heteroatoms. The van der Waals surface area contributed by atoms with Crippen molar-refractivity contribution in [2.75, 3.05) is 13.7 Å². The zero-order chi connectivity index (χ0) is 14.5. The number of aromatic amines is 1. The summed E-state index contributed by atoms with van der Waals surface area (Å²) in [5.41, 5.74) is 0.986. The van der Waals surface area contributed by atoms with E-state index in [0.29, 0.717) is 23.9 Å². The van der Waals surface area contributed by atoms with Crippen LogP contribution in [0.15, 0.2) is 18.2 Å². The highest BCUT2D eigenvalue weighted by molar-refractivity contribution is 6.30. The van der Waals surface area contributed by atoms with Crippen LogP contribution in [0.5, 0.6) is 5.75 Å². The Morgan fingerprint density at radius 1 is 1.40 bits per heavy atom. The molecule has 0 amide bonds. The molecule has 0 saturated heterocycles. The SMILES string of the molecule is COCCc1nc([C@H](C)Oc2ccc(Cl)cc2C)n[nH]1. The third-order valence-corrected chi connectivity index (χ3v) is 3.13. The number of halogens is 1. The minimum Gasteiger partial charge on any atom is -0.482 e. The Labute approximate surface area is 123 Å². The number of methoxy groups -OCH3 is 1. The Bertz CT molecular complexity index is 571. The zero-order valence-electron chi connectivity index (χ0n) is 11.8. The van der Waals surface area contributed by atoms with E-state index >= 15 is 0 Å². The predicted octanol–water partition coefficient (Wildman–Crippen LogP) is 3.10. The van der Waals surface area contributed by atoms with Gasteiger partial charge in [0, 0.05) is 18.6 Å². The van der Waals surface area contributed by atoms with Crippen LogP contribution in [0.25, 0.3) is 0 Å². The van der Waals surface area contributed by atoms with Crippen LogP contribution in [0.4, 0.5) is 0 Å². The molecule has 108 valence electrons. The van der Waals surface area contributed by atoms with E-state index in [0.717, 1.165) is 17.1 Å². The maximum Gasteiger partial charge on any atom is 0.191 e. The second kappa shape index (κ2) is 6.72. The molecule has 1 aromatic carbocycles. The summed E-state index contributed by atoms with van der Waals surface area (Å²) in [6.45, 7) is 4.48. The normalized spacial score (nSPS) is 12.4. The lowest BCUT2D eigenvalue weighted by Crippen LogP contribution is -2.06. The Morgan fingerprint density at radius 2 is 2.20 bits per heavy atom. The Hall–Kier alpha value is -1.59. The minimum absolute atomic E-state index is 0.234. The number of hydrogen-bond donors (Lipinski definition) is 1. The van der Waals surface area contributed by atoms with E-state index in [9.17, 15) is 0 Å². The van der Waals surface area contributed by atoms with Gasteiger partial charge in [-0.3, -0.25) is 5.10 Å². The third kappa shape index (κ3) is 3.71. The Balaban J connectivity index is 2.03. The molecule has 5 nitrogen and oxygen atoms in total. The van der Waals surface area contributed by atoms with Gasteiger partial charge in [0.05, 0.1) is 6.61 Å². The van der Waals surface area contributed by atoms with E-state index in [1.54, 1.807) is 13.2 Å². The van der Waals surface area contributed by atoms with Crippen LogP contribution in [0.3, 0.4) is 0 Å². The first-order valence-corrected chi connectivity index (χ1v) is 6.81. The molecule has 0 bridgehead atoms. The lowest BCUT2D eigenvalue weighted by Gasteiger charge is -2.13. The first-order chi connectivity index (χ1) is 9.60. The highest BCUT2D eigenvalue weighted by atomic mass is 35.5. The van der Waals surface area contributed by atoms with Crippen molar-refractivity contribution in [2.45, 2.75) is 26.4 Å². The number of hydrogen-bond acceptors (Lipinski definition) is 4. The van der Waals surface area contributed by atoms with Gasteiger partial charge < -0.3 is 9.47 Å². The van der Waals surface area contributed by atoms with Gasteiger partial charge in [0.1, 0.15) is 11.6 Å². The molecule has 2 rings (SSSR count). The number of benzene rings is 1. The van der Waals surface area contributed by atoms with E-state index in [4.69, 9.17) is 21.1 Å². The molecular weight excluding hydrogens is 278 g/mol. The second-order valence-electron chi connectivity index (χ2n) is 4.55. The molecule has 2 aromatic rings. The molecule has 0 saturated carbocycles. The number of aryl methyl sites for hydroxylation is 1. The third-order valence-electron chi connectivity index (χ3n) is 2.90. The molecular formula is C14H18ClN3O2. The average molecular weight is 296 g/mol. The van der Waals surface area contributed by atoms with Crippen molar-refractivity contribution in [3.8, 4) is 5.75 Å². The van der Waals surface area contributed by atoms with Crippen LogP contribution in [-0.2, 0) is 11.2 Å². The lowest BCUT2D eigenvalue weighted by atomic mass is 10.2. The smallest absolute Gasteiger partial charge is 0.191 e. The molecule has 20 heavy (non-hydrogen) atoms. The molecule has 0 spiro atoms. The molecule has 0 radical (unpaired) electrons. The van der Waals surface area contributed by atoms with Crippen molar-refractivity contribution < 1.29 is 9.47 Å². The van der Waals surface area contributed by atoms with Crippen LogP contribution in [-0.4, -0.2) is 28.9 Å². The summed E-state index contributed by atoms with van der Waals surface area (Å²) in [5.74, 6) is 2.21. The first kappa shape index (κ1) is 14.8. The summed E-state index contributed by atoms with van der Waals surface area (Å²) in [7, 11) is 1.66. The Kier molecular flexibility index (Phi) is 4.98. The molecule has 0 aliphatic rings.